The number of nitrogens with zero attached hydrogens (tertiary/aromatic N) is 2. The van der Waals surface area contributed by atoms with Crippen molar-refractivity contribution >= 4 is 5.91 Å². The molecule has 0 radical (unpaired) electrons. The monoisotopic (exact) mass is 300 g/mol. The second-order valence-electron chi connectivity index (χ2n) is 6.00. The predicted molar refractivity (Wildman–Crippen MR) is 85.7 cm³/mol. The second kappa shape index (κ2) is 7.31. The van der Waals surface area contributed by atoms with Crippen LogP contribution in [0.25, 0.3) is 0 Å². The Hall–Kier alpha value is -2.02. The fourth-order valence-electron chi connectivity index (χ4n) is 2.83. The molecule has 1 heterocycles. The van der Waals surface area contributed by atoms with E-state index in [-0.39, 0.29) is 5.91 Å². The molecule has 2 rings (SSSR count). The summed E-state index contributed by atoms with van der Waals surface area (Å²) in [6, 6.07) is 6.25. The number of benzene rings is 1. The van der Waals surface area contributed by atoms with E-state index in [2.05, 4.69) is 19.1 Å². The Labute approximate surface area is 132 Å². The lowest BCUT2D eigenvalue weighted by molar-refractivity contribution is -0.133. The van der Waals surface area contributed by atoms with E-state index in [0.717, 1.165) is 42.8 Å². The average Bonchev–Trinajstić information content (AvgIpc) is 3.04. The first kappa shape index (κ1) is 16.4. The van der Waals surface area contributed by atoms with E-state index < -0.39 is 5.92 Å². The highest BCUT2D eigenvalue weighted by Crippen LogP contribution is 2.26. The van der Waals surface area contributed by atoms with Gasteiger partial charge in [0.2, 0.25) is 5.91 Å². The first-order chi connectivity index (χ1) is 10.5. The van der Waals surface area contributed by atoms with Crippen molar-refractivity contribution in [2.45, 2.75) is 40.0 Å². The maximum absolute atomic E-state index is 12.3. The van der Waals surface area contributed by atoms with Crippen molar-refractivity contribution in [3.8, 4) is 11.8 Å². The van der Waals surface area contributed by atoms with Gasteiger partial charge in [-0.1, -0.05) is 12.1 Å². The van der Waals surface area contributed by atoms with Gasteiger partial charge in [0, 0.05) is 19.5 Å². The van der Waals surface area contributed by atoms with E-state index >= 15 is 0 Å². The van der Waals surface area contributed by atoms with Crippen molar-refractivity contribution in [3.05, 3.63) is 28.8 Å². The number of hydrogen-bond donors (Lipinski definition) is 0. The molecule has 0 bridgehead atoms. The zero-order valence-electron chi connectivity index (χ0n) is 13.7. The summed E-state index contributed by atoms with van der Waals surface area (Å²) < 4.78 is 5.87. The van der Waals surface area contributed by atoms with Gasteiger partial charge in [-0.25, -0.2) is 0 Å². The molecule has 0 N–H and O–H groups in total. The summed E-state index contributed by atoms with van der Waals surface area (Å²) in [7, 11) is 0. The first-order valence-corrected chi connectivity index (χ1v) is 7.92. The minimum atomic E-state index is -0.594. The summed E-state index contributed by atoms with van der Waals surface area (Å²) in [6.45, 7) is 8.06. The molecule has 1 unspecified atom stereocenters. The maximum atomic E-state index is 12.3. The van der Waals surface area contributed by atoms with Crippen LogP contribution in [-0.2, 0) is 4.79 Å². The van der Waals surface area contributed by atoms with Gasteiger partial charge < -0.3 is 9.64 Å². The Morgan fingerprint density at radius 1 is 1.27 bits per heavy atom. The van der Waals surface area contributed by atoms with Crippen LogP contribution >= 0.6 is 0 Å². The molecule has 1 aromatic rings. The molecule has 1 aliphatic rings. The third kappa shape index (κ3) is 3.59. The SMILES string of the molecule is Cc1ccc(C)c(OCCC(C#N)C(=O)N2CCCC2)c1C. The van der Waals surface area contributed by atoms with E-state index in [4.69, 9.17) is 4.74 Å². The summed E-state index contributed by atoms with van der Waals surface area (Å²) in [5.41, 5.74) is 3.40. The summed E-state index contributed by atoms with van der Waals surface area (Å²) in [5.74, 6) is 0.245. The molecule has 4 heteroatoms. The van der Waals surface area contributed by atoms with E-state index in [1.807, 2.05) is 19.9 Å². The van der Waals surface area contributed by atoms with E-state index in [0.29, 0.717) is 13.0 Å². The molecule has 1 saturated heterocycles. The number of hydrogen-bond acceptors (Lipinski definition) is 3. The van der Waals surface area contributed by atoms with Crippen LogP contribution in [0.4, 0.5) is 0 Å². The average molecular weight is 300 g/mol. The molecule has 1 amide bonds. The number of rotatable bonds is 5. The summed E-state index contributed by atoms with van der Waals surface area (Å²) in [5, 5.41) is 9.25. The molecule has 4 nitrogen and oxygen atoms in total. The molecule has 1 aliphatic heterocycles. The summed E-state index contributed by atoms with van der Waals surface area (Å²) >= 11 is 0. The Kier molecular flexibility index (Phi) is 5.43. The maximum Gasteiger partial charge on any atom is 0.240 e. The van der Waals surface area contributed by atoms with E-state index in [1.165, 1.54) is 5.56 Å². The first-order valence-electron chi connectivity index (χ1n) is 7.92. The zero-order chi connectivity index (χ0) is 16.1. The van der Waals surface area contributed by atoms with Gasteiger partial charge >= 0.3 is 0 Å². The number of amides is 1. The van der Waals surface area contributed by atoms with Gasteiger partial charge in [0.25, 0.3) is 0 Å². The van der Waals surface area contributed by atoms with Crippen LogP contribution in [0.3, 0.4) is 0 Å². The van der Waals surface area contributed by atoms with Gasteiger partial charge in [0.05, 0.1) is 12.7 Å². The molecular formula is C18H24N2O2. The van der Waals surface area contributed by atoms with Crippen molar-refractivity contribution in [2.75, 3.05) is 19.7 Å². The number of aryl methyl sites for hydroxylation is 2. The van der Waals surface area contributed by atoms with Crippen molar-refractivity contribution in [2.24, 2.45) is 5.92 Å². The zero-order valence-corrected chi connectivity index (χ0v) is 13.7. The van der Waals surface area contributed by atoms with Gasteiger partial charge in [-0.05, 0) is 50.3 Å². The lowest BCUT2D eigenvalue weighted by atomic mass is 10.0. The van der Waals surface area contributed by atoms with Crippen LogP contribution in [-0.4, -0.2) is 30.5 Å². The number of carbonyl (C=O) groups is 1. The highest BCUT2D eigenvalue weighted by atomic mass is 16.5. The molecular weight excluding hydrogens is 276 g/mol. The number of nitriles is 1. The van der Waals surface area contributed by atoms with Crippen molar-refractivity contribution < 1.29 is 9.53 Å². The minimum Gasteiger partial charge on any atom is -0.493 e. The van der Waals surface area contributed by atoms with Crippen LogP contribution in [0.2, 0.25) is 0 Å². The fourth-order valence-corrected chi connectivity index (χ4v) is 2.83. The van der Waals surface area contributed by atoms with E-state index in [9.17, 15) is 10.1 Å². The van der Waals surface area contributed by atoms with Crippen LogP contribution in [0, 0.1) is 38.0 Å². The van der Waals surface area contributed by atoms with Gasteiger partial charge in [-0.3, -0.25) is 4.79 Å². The molecule has 1 fully saturated rings. The van der Waals surface area contributed by atoms with Crippen molar-refractivity contribution in [1.82, 2.24) is 4.90 Å². The number of likely N-dealkylation sites (tertiary alicyclic amines) is 1. The van der Waals surface area contributed by atoms with Crippen LogP contribution in [0.5, 0.6) is 5.75 Å². The largest absolute Gasteiger partial charge is 0.493 e. The molecule has 0 spiro atoms. The fraction of sp³-hybridized carbons (Fsp3) is 0.556. The van der Waals surface area contributed by atoms with Crippen LogP contribution < -0.4 is 4.74 Å². The Morgan fingerprint density at radius 2 is 1.91 bits per heavy atom. The van der Waals surface area contributed by atoms with Gasteiger partial charge in [-0.2, -0.15) is 5.26 Å². The van der Waals surface area contributed by atoms with Gasteiger partial charge in [0.1, 0.15) is 11.7 Å². The summed E-state index contributed by atoms with van der Waals surface area (Å²) in [4.78, 5) is 14.1. The molecule has 1 aromatic carbocycles. The predicted octanol–water partition coefficient (Wildman–Crippen LogP) is 3.14. The molecule has 0 saturated carbocycles. The van der Waals surface area contributed by atoms with E-state index in [1.54, 1.807) is 4.90 Å². The second-order valence-corrected chi connectivity index (χ2v) is 6.00. The smallest absolute Gasteiger partial charge is 0.240 e. The number of ether oxygens (including phenoxy) is 1. The quantitative estimate of drug-likeness (QED) is 0.839. The van der Waals surface area contributed by atoms with Gasteiger partial charge in [0.15, 0.2) is 0 Å². The molecule has 0 aliphatic carbocycles. The molecule has 118 valence electrons. The Morgan fingerprint density at radius 3 is 2.55 bits per heavy atom. The summed E-state index contributed by atoms with van der Waals surface area (Å²) in [6.07, 6.45) is 2.53. The Bertz CT molecular complexity index is 583. The minimum absolute atomic E-state index is 0.0405. The highest BCUT2D eigenvalue weighted by molar-refractivity contribution is 5.81. The Balaban J connectivity index is 1.93. The van der Waals surface area contributed by atoms with Gasteiger partial charge in [-0.15, -0.1) is 0 Å². The van der Waals surface area contributed by atoms with Crippen molar-refractivity contribution in [1.29, 1.82) is 5.26 Å². The topological polar surface area (TPSA) is 53.3 Å². The standard InChI is InChI=1S/C18H24N2O2/c1-13-6-7-14(2)17(15(13)3)22-11-8-16(12-19)18(21)20-9-4-5-10-20/h6-7,16H,4-5,8-11H2,1-3H3. The normalized spacial score (nSPS) is 15.5. The lowest BCUT2D eigenvalue weighted by Crippen LogP contribution is -2.33. The molecule has 0 aromatic heterocycles. The highest BCUT2D eigenvalue weighted by Gasteiger charge is 2.26. The lowest BCUT2D eigenvalue weighted by Gasteiger charge is -2.19. The van der Waals surface area contributed by atoms with Crippen LogP contribution in [0.1, 0.15) is 36.0 Å². The van der Waals surface area contributed by atoms with Crippen LogP contribution in [0.15, 0.2) is 12.1 Å². The molecule has 1 atom stereocenters. The molecule has 22 heavy (non-hydrogen) atoms. The third-order valence-electron chi connectivity index (χ3n) is 4.40. The number of carbonyl (C=O) groups excluding carboxylic acids is 1. The van der Waals surface area contributed by atoms with Crippen molar-refractivity contribution in [3.63, 3.8) is 0 Å². The third-order valence-corrected chi connectivity index (χ3v) is 4.40.